The molecular weight excluding hydrogens is 394 g/mol. The molecule has 3 aromatic heterocycles. The first-order valence-corrected chi connectivity index (χ1v) is 10.6. The van der Waals surface area contributed by atoms with E-state index in [0.29, 0.717) is 42.4 Å². The molecular formula is C23H27N5O3. The second-order valence-electron chi connectivity index (χ2n) is 8.01. The Labute approximate surface area is 180 Å². The van der Waals surface area contributed by atoms with Crippen molar-refractivity contribution in [2.45, 2.75) is 53.2 Å². The lowest BCUT2D eigenvalue weighted by atomic mass is 10.1. The fraction of sp³-hybridized carbons (Fsp3) is 0.435. The highest BCUT2D eigenvalue weighted by molar-refractivity contribution is 5.97. The number of pyridine rings is 2. The summed E-state index contributed by atoms with van der Waals surface area (Å²) < 4.78 is 7.92. The number of ether oxygens (including phenoxy) is 1. The molecule has 4 heterocycles. The summed E-state index contributed by atoms with van der Waals surface area (Å²) in [5.74, 6) is 0.904. The molecule has 0 N–H and O–H groups in total. The van der Waals surface area contributed by atoms with Gasteiger partial charge >= 0.3 is 0 Å². The van der Waals surface area contributed by atoms with Crippen LogP contribution in [0.5, 0.6) is 5.88 Å². The van der Waals surface area contributed by atoms with Gasteiger partial charge in [0.2, 0.25) is 11.3 Å². The Kier molecular flexibility index (Phi) is 5.71. The minimum Gasteiger partial charge on any atom is -0.472 e. The minimum absolute atomic E-state index is 0.175. The molecule has 4 rings (SSSR count). The van der Waals surface area contributed by atoms with Gasteiger partial charge in [0.25, 0.3) is 5.91 Å². The van der Waals surface area contributed by atoms with Crippen molar-refractivity contribution < 1.29 is 9.53 Å². The van der Waals surface area contributed by atoms with Crippen LogP contribution in [-0.2, 0) is 6.54 Å². The van der Waals surface area contributed by atoms with Crippen LogP contribution in [0.2, 0.25) is 0 Å². The summed E-state index contributed by atoms with van der Waals surface area (Å²) in [4.78, 5) is 41.2. The fourth-order valence-electron chi connectivity index (χ4n) is 4.06. The Morgan fingerprint density at radius 3 is 2.71 bits per heavy atom. The highest BCUT2D eigenvalue weighted by Gasteiger charge is 2.28. The number of piperidine rings is 1. The third-order valence-corrected chi connectivity index (χ3v) is 5.53. The van der Waals surface area contributed by atoms with E-state index in [1.165, 1.54) is 0 Å². The maximum atomic E-state index is 13.3. The topological polar surface area (TPSA) is 90.2 Å². The van der Waals surface area contributed by atoms with Gasteiger partial charge in [-0.2, -0.15) is 4.98 Å². The number of rotatable bonds is 4. The van der Waals surface area contributed by atoms with Crippen molar-refractivity contribution in [3.8, 4) is 5.88 Å². The highest BCUT2D eigenvalue weighted by Crippen LogP contribution is 2.20. The Hall–Kier alpha value is -3.29. The van der Waals surface area contributed by atoms with Crippen LogP contribution in [0.15, 0.2) is 29.2 Å². The molecule has 0 radical (unpaired) electrons. The van der Waals surface area contributed by atoms with Crippen molar-refractivity contribution in [1.29, 1.82) is 0 Å². The third kappa shape index (κ3) is 4.28. The molecule has 1 aliphatic rings. The lowest BCUT2D eigenvalue weighted by Crippen LogP contribution is -2.45. The van der Waals surface area contributed by atoms with Gasteiger partial charge in [0.15, 0.2) is 0 Å². The zero-order valence-electron chi connectivity index (χ0n) is 18.4. The van der Waals surface area contributed by atoms with Crippen molar-refractivity contribution in [2.75, 3.05) is 13.1 Å². The summed E-state index contributed by atoms with van der Waals surface area (Å²) in [7, 11) is 0. The van der Waals surface area contributed by atoms with Crippen LogP contribution in [0.3, 0.4) is 0 Å². The van der Waals surface area contributed by atoms with Gasteiger partial charge in [-0.05, 0) is 52.7 Å². The molecule has 0 bridgehead atoms. The molecule has 1 unspecified atom stereocenters. The molecule has 3 aromatic rings. The van der Waals surface area contributed by atoms with Gasteiger partial charge in [0, 0.05) is 36.7 Å². The Morgan fingerprint density at radius 1 is 1.16 bits per heavy atom. The van der Waals surface area contributed by atoms with E-state index in [4.69, 9.17) is 4.74 Å². The number of aromatic nitrogens is 4. The molecule has 1 fully saturated rings. The van der Waals surface area contributed by atoms with Crippen LogP contribution < -0.4 is 10.2 Å². The van der Waals surface area contributed by atoms with Gasteiger partial charge in [0.05, 0.1) is 11.9 Å². The predicted molar refractivity (Wildman–Crippen MR) is 117 cm³/mol. The van der Waals surface area contributed by atoms with Crippen molar-refractivity contribution >= 4 is 16.9 Å². The van der Waals surface area contributed by atoms with Gasteiger partial charge in [-0.3, -0.25) is 9.59 Å². The number of fused-ring (bicyclic) bond motifs is 1. The number of nitrogens with zero attached hydrogens (tertiary/aromatic N) is 5. The minimum atomic E-state index is -0.276. The highest BCUT2D eigenvalue weighted by atomic mass is 16.5. The molecule has 8 nitrogen and oxygen atoms in total. The average Bonchev–Trinajstić information content (AvgIpc) is 2.73. The number of hydrogen-bond acceptors (Lipinski definition) is 6. The van der Waals surface area contributed by atoms with E-state index in [9.17, 15) is 9.59 Å². The van der Waals surface area contributed by atoms with Crippen LogP contribution in [0.1, 0.15) is 47.3 Å². The van der Waals surface area contributed by atoms with Crippen LogP contribution in [-0.4, -0.2) is 49.5 Å². The summed E-state index contributed by atoms with van der Waals surface area (Å²) >= 11 is 0. The average molecular weight is 422 g/mol. The maximum absolute atomic E-state index is 13.3. The molecule has 31 heavy (non-hydrogen) atoms. The Bertz CT molecular complexity index is 1180. The molecule has 1 saturated heterocycles. The van der Waals surface area contributed by atoms with E-state index in [1.54, 1.807) is 29.3 Å². The second kappa shape index (κ2) is 8.45. The SMILES string of the molecule is CCn1cc(C(=O)N2CCCC(Oc3cc(C)nc(C)n3)C2)c(=O)c2ccc(C)nc21. The summed E-state index contributed by atoms with van der Waals surface area (Å²) in [6.45, 7) is 9.20. The van der Waals surface area contributed by atoms with Gasteiger partial charge < -0.3 is 14.2 Å². The Balaban J connectivity index is 1.60. The maximum Gasteiger partial charge on any atom is 0.259 e. The summed E-state index contributed by atoms with van der Waals surface area (Å²) in [6.07, 6.45) is 3.09. The van der Waals surface area contributed by atoms with Gasteiger partial charge in [-0.25, -0.2) is 9.97 Å². The van der Waals surface area contributed by atoms with Crippen LogP contribution in [0.4, 0.5) is 0 Å². The molecule has 0 spiro atoms. The van der Waals surface area contributed by atoms with E-state index in [-0.39, 0.29) is 23.0 Å². The first-order chi connectivity index (χ1) is 14.9. The summed E-state index contributed by atoms with van der Waals surface area (Å²) in [5.41, 5.74) is 2.18. The first kappa shape index (κ1) is 21.0. The van der Waals surface area contributed by atoms with Crippen LogP contribution in [0.25, 0.3) is 11.0 Å². The number of likely N-dealkylation sites (tertiary alicyclic amines) is 1. The lowest BCUT2D eigenvalue weighted by molar-refractivity contribution is 0.0525. The number of hydrogen-bond donors (Lipinski definition) is 0. The summed E-state index contributed by atoms with van der Waals surface area (Å²) in [6, 6.07) is 5.35. The van der Waals surface area contributed by atoms with Crippen molar-refractivity contribution in [3.63, 3.8) is 0 Å². The van der Waals surface area contributed by atoms with Crippen molar-refractivity contribution in [2.24, 2.45) is 0 Å². The number of carbonyl (C=O) groups excluding carboxylic acids is 1. The lowest BCUT2D eigenvalue weighted by Gasteiger charge is -2.32. The van der Waals surface area contributed by atoms with Crippen molar-refractivity contribution in [1.82, 2.24) is 24.4 Å². The van der Waals surface area contributed by atoms with Gasteiger partial charge in [0.1, 0.15) is 23.1 Å². The van der Waals surface area contributed by atoms with E-state index in [0.717, 1.165) is 24.2 Å². The largest absolute Gasteiger partial charge is 0.472 e. The van der Waals surface area contributed by atoms with E-state index < -0.39 is 0 Å². The van der Waals surface area contributed by atoms with Gasteiger partial charge in [-0.15, -0.1) is 0 Å². The zero-order chi connectivity index (χ0) is 22.1. The van der Waals surface area contributed by atoms with E-state index in [1.807, 2.05) is 32.3 Å². The third-order valence-electron chi connectivity index (χ3n) is 5.53. The molecule has 1 atom stereocenters. The van der Waals surface area contributed by atoms with Gasteiger partial charge in [-0.1, -0.05) is 0 Å². The number of aryl methyl sites for hydroxylation is 4. The number of carbonyl (C=O) groups is 1. The summed E-state index contributed by atoms with van der Waals surface area (Å²) in [5, 5.41) is 0.468. The normalized spacial score (nSPS) is 16.5. The van der Waals surface area contributed by atoms with E-state index in [2.05, 4.69) is 15.0 Å². The predicted octanol–water partition coefficient (Wildman–Crippen LogP) is 2.82. The fourth-order valence-corrected chi connectivity index (χ4v) is 4.06. The smallest absolute Gasteiger partial charge is 0.259 e. The second-order valence-corrected chi connectivity index (χ2v) is 8.01. The molecule has 1 amide bonds. The molecule has 8 heteroatoms. The molecule has 0 aliphatic carbocycles. The van der Waals surface area contributed by atoms with Crippen LogP contribution in [0, 0.1) is 20.8 Å². The molecule has 0 saturated carbocycles. The first-order valence-electron chi connectivity index (χ1n) is 10.6. The zero-order valence-corrected chi connectivity index (χ0v) is 18.4. The number of amides is 1. The standard InChI is InChI=1S/C23H27N5O3/c1-5-27-13-19(21(29)18-9-8-14(2)25-22(18)27)23(30)28-10-6-7-17(12-28)31-20-11-15(3)24-16(4)26-20/h8-9,11,13,17H,5-7,10,12H2,1-4H3. The van der Waals surface area contributed by atoms with E-state index >= 15 is 0 Å². The molecule has 1 aliphatic heterocycles. The Morgan fingerprint density at radius 2 is 1.97 bits per heavy atom. The molecule has 162 valence electrons. The molecule has 0 aromatic carbocycles. The van der Waals surface area contributed by atoms with Crippen molar-refractivity contribution in [3.05, 3.63) is 57.4 Å². The van der Waals surface area contributed by atoms with Crippen LogP contribution >= 0.6 is 0 Å². The quantitative estimate of drug-likeness (QED) is 0.643. The monoisotopic (exact) mass is 421 g/mol.